The molecule has 0 amide bonds. The van der Waals surface area contributed by atoms with Gasteiger partial charge in [-0.15, -0.1) is 0 Å². The van der Waals surface area contributed by atoms with Crippen molar-refractivity contribution in [1.29, 1.82) is 0 Å². The molecule has 4 nitrogen and oxygen atoms in total. The Morgan fingerprint density at radius 1 is 1.50 bits per heavy atom. The van der Waals surface area contributed by atoms with Gasteiger partial charge in [-0.3, -0.25) is 4.90 Å². The number of furan rings is 1. The number of rotatable bonds is 5. The van der Waals surface area contributed by atoms with E-state index < -0.39 is 0 Å². The summed E-state index contributed by atoms with van der Waals surface area (Å²) >= 11 is 0. The second-order valence-corrected chi connectivity index (χ2v) is 6.31. The topological polar surface area (TPSA) is 45.6 Å². The van der Waals surface area contributed by atoms with E-state index in [9.17, 15) is 0 Å². The molecule has 20 heavy (non-hydrogen) atoms. The third-order valence-corrected chi connectivity index (χ3v) is 5.34. The molecule has 112 valence electrons. The van der Waals surface area contributed by atoms with Crippen molar-refractivity contribution in [3.63, 3.8) is 0 Å². The first-order valence-corrected chi connectivity index (χ1v) is 7.99. The van der Waals surface area contributed by atoms with Crippen LogP contribution in [0.5, 0.6) is 0 Å². The van der Waals surface area contributed by atoms with Crippen molar-refractivity contribution < 1.29 is 4.42 Å². The third kappa shape index (κ3) is 2.52. The van der Waals surface area contributed by atoms with Crippen LogP contribution in [0.4, 0.5) is 0 Å². The van der Waals surface area contributed by atoms with Gasteiger partial charge in [0.1, 0.15) is 5.76 Å². The Kier molecular flexibility index (Phi) is 4.15. The predicted octanol–water partition coefficient (Wildman–Crippen LogP) is 2.06. The lowest BCUT2D eigenvalue weighted by atomic mass is 9.81. The molecule has 2 saturated heterocycles. The Bertz CT molecular complexity index is 419. The van der Waals surface area contributed by atoms with E-state index in [-0.39, 0.29) is 5.54 Å². The van der Waals surface area contributed by atoms with E-state index in [0.717, 1.165) is 31.4 Å². The van der Waals surface area contributed by atoms with Crippen LogP contribution in [0.1, 0.15) is 38.4 Å². The van der Waals surface area contributed by atoms with Crippen molar-refractivity contribution in [3.8, 4) is 0 Å². The van der Waals surface area contributed by atoms with Crippen LogP contribution in [0.2, 0.25) is 0 Å². The maximum Gasteiger partial charge on any atom is 0.117 e. The van der Waals surface area contributed by atoms with Crippen LogP contribution in [0, 0.1) is 0 Å². The Balaban J connectivity index is 1.75. The third-order valence-electron chi connectivity index (χ3n) is 5.34. The number of nitrogens with zero attached hydrogens (tertiary/aromatic N) is 2. The number of piperidine rings is 1. The molecule has 2 atom stereocenters. The van der Waals surface area contributed by atoms with Gasteiger partial charge in [-0.05, 0) is 50.9 Å². The van der Waals surface area contributed by atoms with Gasteiger partial charge in [0.2, 0.25) is 0 Å². The summed E-state index contributed by atoms with van der Waals surface area (Å²) in [6.07, 6.45) is 6.88. The van der Waals surface area contributed by atoms with Gasteiger partial charge < -0.3 is 15.1 Å². The smallest absolute Gasteiger partial charge is 0.117 e. The summed E-state index contributed by atoms with van der Waals surface area (Å²) in [5.41, 5.74) is 6.40. The van der Waals surface area contributed by atoms with E-state index in [4.69, 9.17) is 10.2 Å². The van der Waals surface area contributed by atoms with E-state index in [1.54, 1.807) is 6.26 Å². The van der Waals surface area contributed by atoms with Crippen molar-refractivity contribution in [2.45, 2.75) is 50.7 Å². The lowest BCUT2D eigenvalue weighted by Crippen LogP contribution is -2.60. The molecule has 2 aliphatic rings. The van der Waals surface area contributed by atoms with Gasteiger partial charge in [0, 0.05) is 24.7 Å². The summed E-state index contributed by atoms with van der Waals surface area (Å²) in [4.78, 5) is 5.20. The minimum Gasteiger partial charge on any atom is -0.468 e. The van der Waals surface area contributed by atoms with Crippen molar-refractivity contribution in [1.82, 2.24) is 9.80 Å². The molecular weight excluding hydrogens is 250 g/mol. The second-order valence-electron chi connectivity index (χ2n) is 6.31. The lowest BCUT2D eigenvalue weighted by Gasteiger charge is -2.49. The summed E-state index contributed by atoms with van der Waals surface area (Å²) in [5.74, 6) is 1.05. The van der Waals surface area contributed by atoms with Crippen LogP contribution in [0.25, 0.3) is 0 Å². The highest BCUT2D eigenvalue weighted by Crippen LogP contribution is 2.37. The molecule has 4 heteroatoms. The average molecular weight is 277 g/mol. The predicted molar refractivity (Wildman–Crippen MR) is 80.4 cm³/mol. The minimum absolute atomic E-state index is 0.160. The fourth-order valence-electron chi connectivity index (χ4n) is 4.12. The van der Waals surface area contributed by atoms with E-state index in [1.807, 2.05) is 6.07 Å². The molecule has 3 heterocycles. The standard InChI is InChI=1S/C16H27N3O/c1-2-19(12-15-6-4-10-20-15)16(13-17)7-9-18-8-3-5-14(18)11-16/h4,6,10,14H,2-3,5,7-9,11-13,17H2,1H3. The van der Waals surface area contributed by atoms with Crippen molar-refractivity contribution in [3.05, 3.63) is 24.2 Å². The molecule has 1 aromatic heterocycles. The Morgan fingerprint density at radius 3 is 3.10 bits per heavy atom. The summed E-state index contributed by atoms with van der Waals surface area (Å²) in [5, 5.41) is 0. The van der Waals surface area contributed by atoms with E-state index in [0.29, 0.717) is 0 Å². The first-order chi connectivity index (χ1) is 9.77. The molecule has 0 saturated carbocycles. The zero-order valence-electron chi connectivity index (χ0n) is 12.6. The molecule has 0 spiro atoms. The highest BCUT2D eigenvalue weighted by atomic mass is 16.3. The Labute approximate surface area is 121 Å². The van der Waals surface area contributed by atoms with Gasteiger partial charge in [-0.2, -0.15) is 0 Å². The van der Waals surface area contributed by atoms with E-state index >= 15 is 0 Å². The summed E-state index contributed by atoms with van der Waals surface area (Å²) in [6.45, 7) is 7.40. The molecule has 2 unspecified atom stereocenters. The molecule has 0 aromatic carbocycles. The van der Waals surface area contributed by atoms with Gasteiger partial charge in [0.25, 0.3) is 0 Å². The van der Waals surface area contributed by atoms with Crippen molar-refractivity contribution in [2.75, 3.05) is 26.2 Å². The van der Waals surface area contributed by atoms with Crippen molar-refractivity contribution >= 4 is 0 Å². The summed E-state index contributed by atoms with van der Waals surface area (Å²) in [7, 11) is 0. The van der Waals surface area contributed by atoms with Crippen LogP contribution >= 0.6 is 0 Å². The Morgan fingerprint density at radius 2 is 2.40 bits per heavy atom. The maximum atomic E-state index is 6.24. The molecule has 1 aromatic rings. The first kappa shape index (κ1) is 14.1. The highest BCUT2D eigenvalue weighted by Gasteiger charge is 2.43. The number of likely N-dealkylation sites (N-methyl/N-ethyl adjacent to an activating group) is 1. The van der Waals surface area contributed by atoms with Crippen LogP contribution in [-0.4, -0.2) is 47.6 Å². The first-order valence-electron chi connectivity index (χ1n) is 7.99. The number of fused-ring (bicyclic) bond motifs is 1. The van der Waals surface area contributed by atoms with Crippen LogP contribution in [0.3, 0.4) is 0 Å². The van der Waals surface area contributed by atoms with Gasteiger partial charge in [0.05, 0.1) is 12.8 Å². The van der Waals surface area contributed by atoms with Gasteiger partial charge >= 0.3 is 0 Å². The lowest BCUT2D eigenvalue weighted by molar-refractivity contribution is 0.00453. The molecule has 3 rings (SSSR count). The second kappa shape index (κ2) is 5.88. The largest absolute Gasteiger partial charge is 0.468 e. The quantitative estimate of drug-likeness (QED) is 0.895. The normalized spacial score (nSPS) is 30.9. The number of hydrogen-bond donors (Lipinski definition) is 1. The fourth-order valence-corrected chi connectivity index (χ4v) is 4.12. The monoisotopic (exact) mass is 277 g/mol. The van der Waals surface area contributed by atoms with Crippen LogP contribution in [-0.2, 0) is 6.54 Å². The van der Waals surface area contributed by atoms with Gasteiger partial charge in [-0.25, -0.2) is 0 Å². The van der Waals surface area contributed by atoms with Crippen LogP contribution in [0.15, 0.2) is 22.8 Å². The molecule has 0 radical (unpaired) electrons. The van der Waals surface area contributed by atoms with Crippen molar-refractivity contribution in [2.24, 2.45) is 5.73 Å². The summed E-state index contributed by atoms with van der Waals surface area (Å²) in [6, 6.07) is 4.79. The highest BCUT2D eigenvalue weighted by molar-refractivity contribution is 5.05. The van der Waals surface area contributed by atoms with Gasteiger partial charge in [-0.1, -0.05) is 6.92 Å². The van der Waals surface area contributed by atoms with Gasteiger partial charge in [0.15, 0.2) is 0 Å². The number of hydrogen-bond acceptors (Lipinski definition) is 4. The molecular formula is C16H27N3O. The maximum absolute atomic E-state index is 6.24. The molecule has 0 aliphatic carbocycles. The summed E-state index contributed by atoms with van der Waals surface area (Å²) < 4.78 is 5.54. The molecule has 2 fully saturated rings. The molecule has 2 aliphatic heterocycles. The zero-order valence-corrected chi connectivity index (χ0v) is 12.6. The molecule has 2 N–H and O–H groups in total. The fraction of sp³-hybridized carbons (Fsp3) is 0.750. The minimum atomic E-state index is 0.160. The average Bonchev–Trinajstić information content (AvgIpc) is 3.14. The SMILES string of the molecule is CCN(Cc1ccco1)C1(CN)CCN2CCCC2C1. The van der Waals surface area contributed by atoms with E-state index in [1.165, 1.54) is 38.8 Å². The van der Waals surface area contributed by atoms with E-state index in [2.05, 4.69) is 22.8 Å². The Hall–Kier alpha value is -0.840. The van der Waals surface area contributed by atoms with Crippen LogP contribution < -0.4 is 5.73 Å². The number of nitrogens with two attached hydrogens (primary N) is 1. The molecule has 0 bridgehead atoms. The zero-order chi connectivity index (χ0) is 14.0.